The zero-order chi connectivity index (χ0) is 21.0. The van der Waals surface area contributed by atoms with Gasteiger partial charge in [-0.1, -0.05) is 72.8 Å². The summed E-state index contributed by atoms with van der Waals surface area (Å²) in [4.78, 5) is 12.2. The summed E-state index contributed by atoms with van der Waals surface area (Å²) < 4.78 is 0. The number of anilines is 1. The molecule has 1 fully saturated rings. The number of benzene rings is 3. The number of hydrogen-bond acceptors (Lipinski definition) is 3. The highest BCUT2D eigenvalue weighted by Crippen LogP contribution is 2.37. The second-order valence-corrected chi connectivity index (χ2v) is 8.28. The predicted octanol–water partition coefficient (Wildman–Crippen LogP) is 6.57. The number of carbonyl (C=O) groups excluding carboxylic acids is 1. The van der Waals surface area contributed by atoms with E-state index in [0.717, 1.165) is 48.2 Å². The summed E-state index contributed by atoms with van der Waals surface area (Å²) >= 11 is 0. The zero-order valence-corrected chi connectivity index (χ0v) is 17.6. The van der Waals surface area contributed by atoms with E-state index in [1.807, 2.05) is 6.07 Å². The average Bonchev–Trinajstić information content (AvgIpc) is 3.28. The van der Waals surface area contributed by atoms with Crippen LogP contribution in [-0.4, -0.2) is 11.5 Å². The summed E-state index contributed by atoms with van der Waals surface area (Å²) in [5, 5.41) is 7.16. The van der Waals surface area contributed by atoms with Gasteiger partial charge >= 0.3 is 0 Å². The highest BCUT2D eigenvalue weighted by atomic mass is 16.1. The Morgan fingerprint density at radius 3 is 2.19 bits per heavy atom. The van der Waals surface area contributed by atoms with Crippen molar-refractivity contribution in [1.29, 1.82) is 0 Å². The SMILES string of the molecule is O=C1CCCCC1=Cc1ccc(N2N=C(c3ccccc3)CC2c2ccccc2)cc1. The zero-order valence-electron chi connectivity index (χ0n) is 17.6. The van der Waals surface area contributed by atoms with Crippen molar-refractivity contribution in [2.45, 2.75) is 38.1 Å². The molecule has 0 N–H and O–H groups in total. The fourth-order valence-corrected chi connectivity index (χ4v) is 4.47. The van der Waals surface area contributed by atoms with Gasteiger partial charge in [-0.3, -0.25) is 9.80 Å². The van der Waals surface area contributed by atoms with E-state index in [9.17, 15) is 4.79 Å². The van der Waals surface area contributed by atoms with Gasteiger partial charge in [0.1, 0.15) is 0 Å². The molecule has 0 bridgehead atoms. The third-order valence-corrected chi connectivity index (χ3v) is 6.16. The minimum absolute atomic E-state index is 0.167. The fourth-order valence-electron chi connectivity index (χ4n) is 4.47. The first-order chi connectivity index (χ1) is 15.3. The quantitative estimate of drug-likeness (QED) is 0.459. The van der Waals surface area contributed by atoms with E-state index in [2.05, 4.69) is 89.9 Å². The lowest BCUT2D eigenvalue weighted by Gasteiger charge is -2.24. The molecular formula is C28H26N2O. The molecule has 1 saturated carbocycles. The van der Waals surface area contributed by atoms with E-state index < -0.39 is 0 Å². The van der Waals surface area contributed by atoms with Gasteiger partial charge in [0.2, 0.25) is 0 Å². The van der Waals surface area contributed by atoms with Crippen LogP contribution in [0.2, 0.25) is 0 Å². The number of rotatable bonds is 4. The monoisotopic (exact) mass is 406 g/mol. The Balaban J connectivity index is 1.46. The van der Waals surface area contributed by atoms with Gasteiger partial charge < -0.3 is 0 Å². The number of ketones is 1. The molecule has 2 aliphatic rings. The van der Waals surface area contributed by atoms with E-state index >= 15 is 0 Å². The topological polar surface area (TPSA) is 32.7 Å². The summed E-state index contributed by atoms with van der Waals surface area (Å²) in [5.41, 5.74) is 6.65. The first-order valence-electron chi connectivity index (χ1n) is 11.1. The van der Waals surface area contributed by atoms with Crippen molar-refractivity contribution in [3.8, 4) is 0 Å². The van der Waals surface area contributed by atoms with Crippen molar-refractivity contribution in [3.05, 3.63) is 107 Å². The first kappa shape index (κ1) is 19.5. The van der Waals surface area contributed by atoms with E-state index in [1.165, 1.54) is 11.1 Å². The Labute approximate surface area is 183 Å². The molecule has 1 heterocycles. The molecule has 1 atom stereocenters. The normalized spacial score (nSPS) is 20.2. The average molecular weight is 407 g/mol. The van der Waals surface area contributed by atoms with Crippen LogP contribution in [0, 0.1) is 0 Å². The van der Waals surface area contributed by atoms with Gasteiger partial charge in [0.15, 0.2) is 5.78 Å². The molecule has 3 heteroatoms. The van der Waals surface area contributed by atoms with Gasteiger partial charge in [0.05, 0.1) is 17.4 Å². The fraction of sp³-hybridized carbons (Fsp3) is 0.214. The summed E-state index contributed by atoms with van der Waals surface area (Å²) in [6, 6.07) is 29.6. The Morgan fingerprint density at radius 1 is 0.806 bits per heavy atom. The Bertz CT molecular complexity index is 1110. The molecule has 3 aromatic rings. The molecular weight excluding hydrogens is 380 g/mol. The van der Waals surface area contributed by atoms with Gasteiger partial charge in [0.25, 0.3) is 0 Å². The van der Waals surface area contributed by atoms with Crippen LogP contribution in [0.25, 0.3) is 6.08 Å². The molecule has 0 radical (unpaired) electrons. The molecule has 3 aromatic carbocycles. The van der Waals surface area contributed by atoms with E-state index in [1.54, 1.807) is 0 Å². The molecule has 0 saturated heterocycles. The second-order valence-electron chi connectivity index (χ2n) is 8.28. The molecule has 1 aliphatic carbocycles. The van der Waals surface area contributed by atoms with Crippen molar-refractivity contribution < 1.29 is 4.79 Å². The Kier molecular flexibility index (Phi) is 5.49. The second kappa shape index (κ2) is 8.73. The molecule has 1 unspecified atom stereocenters. The maximum Gasteiger partial charge on any atom is 0.158 e. The van der Waals surface area contributed by atoms with E-state index in [0.29, 0.717) is 12.2 Å². The lowest BCUT2D eigenvalue weighted by Crippen LogP contribution is -2.18. The Hall–Kier alpha value is -3.46. The summed E-state index contributed by atoms with van der Waals surface area (Å²) in [5.74, 6) is 0.302. The summed E-state index contributed by atoms with van der Waals surface area (Å²) in [7, 11) is 0. The van der Waals surface area contributed by atoms with Crippen molar-refractivity contribution in [2.24, 2.45) is 5.10 Å². The standard InChI is InChI=1S/C28H26N2O/c31-28-14-8-7-13-24(28)19-21-15-17-25(18-16-21)30-27(23-11-5-2-6-12-23)20-26(29-30)22-9-3-1-4-10-22/h1-6,9-12,15-19,27H,7-8,13-14,20H2. The van der Waals surface area contributed by atoms with Crippen LogP contribution in [-0.2, 0) is 4.79 Å². The lowest BCUT2D eigenvalue weighted by atomic mass is 9.92. The molecule has 154 valence electrons. The maximum absolute atomic E-state index is 12.2. The van der Waals surface area contributed by atoms with Gasteiger partial charge in [-0.25, -0.2) is 0 Å². The minimum Gasteiger partial charge on any atom is -0.295 e. The lowest BCUT2D eigenvalue weighted by molar-refractivity contribution is -0.116. The largest absolute Gasteiger partial charge is 0.295 e. The highest BCUT2D eigenvalue weighted by Gasteiger charge is 2.29. The van der Waals surface area contributed by atoms with Crippen LogP contribution in [0.4, 0.5) is 5.69 Å². The summed E-state index contributed by atoms with van der Waals surface area (Å²) in [6.45, 7) is 0. The number of nitrogens with zero attached hydrogens (tertiary/aromatic N) is 2. The maximum atomic E-state index is 12.2. The number of carbonyl (C=O) groups is 1. The highest BCUT2D eigenvalue weighted by molar-refractivity contribution is 6.03. The van der Waals surface area contributed by atoms with E-state index in [4.69, 9.17) is 5.10 Å². The third kappa shape index (κ3) is 4.22. The molecule has 5 rings (SSSR count). The van der Waals surface area contributed by atoms with Crippen LogP contribution in [0.1, 0.15) is 54.8 Å². The predicted molar refractivity (Wildman–Crippen MR) is 127 cm³/mol. The summed E-state index contributed by atoms with van der Waals surface area (Å²) in [6.07, 6.45) is 6.64. The van der Waals surface area contributed by atoms with Crippen LogP contribution in [0.15, 0.2) is 95.6 Å². The first-order valence-corrected chi connectivity index (χ1v) is 11.1. The molecule has 3 nitrogen and oxygen atoms in total. The number of hydrazone groups is 1. The van der Waals surface area contributed by atoms with E-state index in [-0.39, 0.29) is 6.04 Å². The molecule has 31 heavy (non-hydrogen) atoms. The van der Waals surface area contributed by atoms with Crippen molar-refractivity contribution in [2.75, 3.05) is 5.01 Å². The molecule has 0 aromatic heterocycles. The van der Waals surface area contributed by atoms with Gasteiger partial charge in [0, 0.05) is 12.8 Å². The van der Waals surface area contributed by atoms with Crippen LogP contribution >= 0.6 is 0 Å². The van der Waals surface area contributed by atoms with Crippen molar-refractivity contribution >= 4 is 23.3 Å². The van der Waals surface area contributed by atoms with Crippen LogP contribution < -0.4 is 5.01 Å². The number of hydrogen-bond donors (Lipinski definition) is 0. The molecule has 0 amide bonds. The van der Waals surface area contributed by atoms with Gasteiger partial charge in [-0.2, -0.15) is 5.10 Å². The van der Waals surface area contributed by atoms with Gasteiger partial charge in [-0.05, 0) is 59.7 Å². The van der Waals surface area contributed by atoms with Crippen LogP contribution in [0.3, 0.4) is 0 Å². The van der Waals surface area contributed by atoms with Crippen molar-refractivity contribution in [3.63, 3.8) is 0 Å². The van der Waals surface area contributed by atoms with Crippen molar-refractivity contribution in [1.82, 2.24) is 0 Å². The van der Waals surface area contributed by atoms with Crippen LogP contribution in [0.5, 0.6) is 0 Å². The minimum atomic E-state index is 0.167. The smallest absolute Gasteiger partial charge is 0.158 e. The molecule has 1 aliphatic heterocycles. The van der Waals surface area contributed by atoms with Gasteiger partial charge in [-0.15, -0.1) is 0 Å². The number of allylic oxidation sites excluding steroid dienone is 1. The number of Topliss-reactive ketones (excluding diaryl/α,β-unsaturated/α-hetero) is 1. The Morgan fingerprint density at radius 2 is 1.48 bits per heavy atom. The third-order valence-electron chi connectivity index (χ3n) is 6.16. The molecule has 0 spiro atoms.